The van der Waals surface area contributed by atoms with Crippen LogP contribution in [0.3, 0.4) is 0 Å². The summed E-state index contributed by atoms with van der Waals surface area (Å²) in [7, 11) is 0. The molecule has 2 aliphatic rings. The number of rotatable bonds is 2. The Morgan fingerprint density at radius 2 is 2.00 bits per heavy atom. The molecule has 1 aromatic rings. The number of amides is 2. The number of carbonyl (C=O) groups excluding carboxylic acids is 2. The maximum Gasteiger partial charge on any atom is 0.258 e. The molecule has 2 atom stereocenters. The van der Waals surface area contributed by atoms with Crippen LogP contribution in [-0.2, 0) is 4.79 Å². The van der Waals surface area contributed by atoms with E-state index in [-0.39, 0.29) is 17.9 Å². The highest BCUT2D eigenvalue weighted by atomic mass is 16.2. The maximum absolute atomic E-state index is 12.9. The van der Waals surface area contributed by atoms with E-state index in [1.807, 2.05) is 41.0 Å². The van der Waals surface area contributed by atoms with Crippen molar-refractivity contribution in [3.8, 4) is 0 Å². The second kappa shape index (κ2) is 4.33. The van der Waals surface area contributed by atoms with Gasteiger partial charge in [-0.3, -0.25) is 14.5 Å². The number of nitrogens with zero attached hydrogens (tertiary/aromatic N) is 2. The highest BCUT2D eigenvalue weighted by Crippen LogP contribution is 2.45. The van der Waals surface area contributed by atoms with Gasteiger partial charge in [0.05, 0.1) is 11.3 Å². The van der Waals surface area contributed by atoms with Crippen LogP contribution in [0.4, 0.5) is 5.69 Å². The van der Waals surface area contributed by atoms with Gasteiger partial charge < -0.3 is 4.90 Å². The van der Waals surface area contributed by atoms with Crippen LogP contribution in [0.15, 0.2) is 24.3 Å². The van der Waals surface area contributed by atoms with Crippen LogP contribution < -0.4 is 4.90 Å². The average Bonchev–Trinajstić information content (AvgIpc) is 2.75. The van der Waals surface area contributed by atoms with Gasteiger partial charge in [-0.1, -0.05) is 19.1 Å². The third kappa shape index (κ3) is 1.54. The zero-order valence-electron chi connectivity index (χ0n) is 12.2. The Morgan fingerprint density at radius 1 is 1.30 bits per heavy atom. The van der Waals surface area contributed by atoms with E-state index >= 15 is 0 Å². The van der Waals surface area contributed by atoms with E-state index in [0.717, 1.165) is 12.1 Å². The molecule has 0 N–H and O–H groups in total. The van der Waals surface area contributed by atoms with E-state index < -0.39 is 5.66 Å². The van der Waals surface area contributed by atoms with Crippen LogP contribution >= 0.6 is 0 Å². The summed E-state index contributed by atoms with van der Waals surface area (Å²) < 4.78 is 0. The van der Waals surface area contributed by atoms with Gasteiger partial charge in [0.2, 0.25) is 5.91 Å². The lowest BCUT2D eigenvalue weighted by Crippen LogP contribution is -2.64. The first kappa shape index (κ1) is 13.2. The average molecular weight is 272 g/mol. The van der Waals surface area contributed by atoms with Gasteiger partial charge in [-0.15, -0.1) is 0 Å². The Labute approximate surface area is 119 Å². The first-order valence-electron chi connectivity index (χ1n) is 7.26. The summed E-state index contributed by atoms with van der Waals surface area (Å²) in [5.74, 6) is 0.157. The van der Waals surface area contributed by atoms with Gasteiger partial charge in [-0.05, 0) is 38.8 Å². The fourth-order valence-electron chi connectivity index (χ4n) is 3.51. The summed E-state index contributed by atoms with van der Waals surface area (Å²) in [6, 6.07) is 7.56. The molecule has 2 heterocycles. The van der Waals surface area contributed by atoms with Crippen LogP contribution in [0.1, 0.15) is 50.4 Å². The summed E-state index contributed by atoms with van der Waals surface area (Å²) in [5, 5.41) is 0. The van der Waals surface area contributed by atoms with Crippen molar-refractivity contribution in [1.29, 1.82) is 0 Å². The zero-order valence-corrected chi connectivity index (χ0v) is 12.2. The van der Waals surface area contributed by atoms with E-state index in [1.54, 1.807) is 0 Å². The lowest BCUT2D eigenvalue weighted by Gasteiger charge is -2.51. The summed E-state index contributed by atoms with van der Waals surface area (Å²) in [6.07, 6.45) is 2.09. The van der Waals surface area contributed by atoms with Crippen molar-refractivity contribution in [3.63, 3.8) is 0 Å². The van der Waals surface area contributed by atoms with Gasteiger partial charge in [0.25, 0.3) is 5.91 Å². The summed E-state index contributed by atoms with van der Waals surface area (Å²) in [4.78, 5) is 28.9. The van der Waals surface area contributed by atoms with Crippen LogP contribution in [0, 0.1) is 0 Å². The Kier molecular flexibility index (Phi) is 2.85. The predicted molar refractivity (Wildman–Crippen MR) is 77.5 cm³/mol. The number of fused-ring (bicyclic) bond motifs is 3. The van der Waals surface area contributed by atoms with Crippen molar-refractivity contribution in [2.24, 2.45) is 0 Å². The van der Waals surface area contributed by atoms with E-state index in [4.69, 9.17) is 0 Å². The second-order valence-corrected chi connectivity index (χ2v) is 5.90. The first-order chi connectivity index (χ1) is 9.50. The highest BCUT2D eigenvalue weighted by Gasteiger charge is 2.53. The number of hydrogen-bond donors (Lipinski definition) is 0. The molecular formula is C16H20N2O2. The first-order valence-corrected chi connectivity index (χ1v) is 7.26. The molecule has 0 spiro atoms. The van der Waals surface area contributed by atoms with E-state index in [1.165, 1.54) is 0 Å². The quantitative estimate of drug-likeness (QED) is 0.830. The molecule has 20 heavy (non-hydrogen) atoms. The summed E-state index contributed by atoms with van der Waals surface area (Å²) in [5.41, 5.74) is 0.889. The minimum atomic E-state index is -0.516. The van der Waals surface area contributed by atoms with Gasteiger partial charge in [0.1, 0.15) is 5.66 Å². The SMILES string of the molecule is CCC(C)N1C(=O)c2ccccc2N2C(=O)CCC21C. The smallest absolute Gasteiger partial charge is 0.258 e. The molecule has 1 saturated heterocycles. The van der Waals surface area contributed by atoms with Crippen molar-refractivity contribution in [2.75, 3.05) is 4.90 Å². The molecule has 2 aliphatic heterocycles. The maximum atomic E-state index is 12.9. The summed E-state index contributed by atoms with van der Waals surface area (Å²) in [6.45, 7) is 6.14. The van der Waals surface area contributed by atoms with Crippen LogP contribution in [0.2, 0.25) is 0 Å². The Bertz CT molecular complexity index is 584. The Balaban J connectivity index is 2.22. The van der Waals surface area contributed by atoms with E-state index in [9.17, 15) is 9.59 Å². The topological polar surface area (TPSA) is 40.6 Å². The lowest BCUT2D eigenvalue weighted by atomic mass is 9.95. The zero-order chi connectivity index (χ0) is 14.5. The fourth-order valence-corrected chi connectivity index (χ4v) is 3.51. The van der Waals surface area contributed by atoms with Crippen LogP contribution in [0.25, 0.3) is 0 Å². The molecule has 106 valence electrons. The fraction of sp³-hybridized carbons (Fsp3) is 0.500. The van der Waals surface area contributed by atoms with Crippen LogP contribution in [-0.4, -0.2) is 28.4 Å². The van der Waals surface area contributed by atoms with E-state index in [2.05, 4.69) is 13.8 Å². The minimum absolute atomic E-state index is 0.0448. The Morgan fingerprint density at radius 3 is 2.70 bits per heavy atom. The van der Waals surface area contributed by atoms with Crippen molar-refractivity contribution in [3.05, 3.63) is 29.8 Å². The molecule has 2 unspecified atom stereocenters. The number of hydrogen-bond acceptors (Lipinski definition) is 2. The van der Waals surface area contributed by atoms with Crippen molar-refractivity contribution >= 4 is 17.5 Å². The van der Waals surface area contributed by atoms with Gasteiger partial charge in [-0.25, -0.2) is 0 Å². The minimum Gasteiger partial charge on any atom is -0.312 e. The van der Waals surface area contributed by atoms with Crippen molar-refractivity contribution < 1.29 is 9.59 Å². The number of anilines is 1. The molecule has 1 aromatic carbocycles. The van der Waals surface area contributed by atoms with E-state index in [0.29, 0.717) is 18.4 Å². The molecule has 1 fully saturated rings. The number of para-hydroxylation sites is 1. The normalized spacial score (nSPS) is 26.6. The molecule has 0 aromatic heterocycles. The molecular weight excluding hydrogens is 252 g/mol. The highest BCUT2D eigenvalue weighted by molar-refractivity contribution is 6.10. The largest absolute Gasteiger partial charge is 0.312 e. The van der Waals surface area contributed by atoms with Crippen LogP contribution in [0.5, 0.6) is 0 Å². The van der Waals surface area contributed by atoms with Crippen molar-refractivity contribution in [1.82, 2.24) is 4.90 Å². The Hall–Kier alpha value is -1.84. The molecule has 4 heteroatoms. The molecule has 0 radical (unpaired) electrons. The lowest BCUT2D eigenvalue weighted by molar-refractivity contribution is -0.117. The van der Waals surface area contributed by atoms with Gasteiger partial charge in [0, 0.05) is 12.5 Å². The van der Waals surface area contributed by atoms with Crippen molar-refractivity contribution in [2.45, 2.75) is 51.7 Å². The summed E-state index contributed by atoms with van der Waals surface area (Å²) >= 11 is 0. The van der Waals surface area contributed by atoms with Gasteiger partial charge >= 0.3 is 0 Å². The third-order valence-corrected chi connectivity index (χ3v) is 4.69. The molecule has 0 aliphatic carbocycles. The molecule has 0 bridgehead atoms. The number of carbonyl (C=O) groups is 2. The second-order valence-electron chi connectivity index (χ2n) is 5.90. The molecule has 2 amide bonds. The third-order valence-electron chi connectivity index (χ3n) is 4.69. The molecule has 3 rings (SSSR count). The molecule has 4 nitrogen and oxygen atoms in total. The predicted octanol–water partition coefficient (Wildman–Crippen LogP) is 2.78. The number of benzene rings is 1. The van der Waals surface area contributed by atoms with Gasteiger partial charge in [-0.2, -0.15) is 0 Å². The monoisotopic (exact) mass is 272 g/mol. The molecule has 0 saturated carbocycles. The standard InChI is InChI=1S/C16H20N2O2/c1-4-11(2)17-15(20)12-7-5-6-8-13(12)18-14(19)9-10-16(17,18)3/h5-8,11H,4,9-10H2,1-3H3. The van der Waals surface area contributed by atoms with Gasteiger partial charge in [0.15, 0.2) is 0 Å².